The zero-order valence-corrected chi connectivity index (χ0v) is 11.9. The van der Waals surface area contributed by atoms with Gasteiger partial charge in [-0.3, -0.25) is 4.79 Å². The molecule has 1 atom stereocenters. The van der Waals surface area contributed by atoms with Crippen molar-refractivity contribution in [1.29, 1.82) is 0 Å². The Morgan fingerprint density at radius 1 is 1.53 bits per heavy atom. The quantitative estimate of drug-likeness (QED) is 0.877. The topological polar surface area (TPSA) is 55.1 Å². The van der Waals surface area contributed by atoms with Gasteiger partial charge in [0.1, 0.15) is 0 Å². The summed E-state index contributed by atoms with van der Waals surface area (Å²) in [5.41, 5.74) is 6.25. The van der Waals surface area contributed by atoms with E-state index in [2.05, 4.69) is 21.2 Å². The fraction of sp³-hybridized carbons (Fsp3) is 0.462. The maximum Gasteiger partial charge on any atom is 0.227 e. The molecule has 17 heavy (non-hydrogen) atoms. The lowest BCUT2D eigenvalue weighted by Crippen LogP contribution is -2.43. The predicted molar refractivity (Wildman–Crippen MR) is 73.4 cm³/mol. The fourth-order valence-electron chi connectivity index (χ4n) is 1.44. The summed E-state index contributed by atoms with van der Waals surface area (Å²) < 4.78 is 1.02. The van der Waals surface area contributed by atoms with Crippen LogP contribution in [0.15, 0.2) is 28.7 Å². The van der Waals surface area contributed by atoms with Crippen molar-refractivity contribution in [3.8, 4) is 0 Å². The summed E-state index contributed by atoms with van der Waals surface area (Å²) >= 11 is 3.40. The van der Waals surface area contributed by atoms with Gasteiger partial charge in [-0.05, 0) is 31.0 Å². The summed E-state index contributed by atoms with van der Waals surface area (Å²) in [5.74, 6) is 0.0162. The molecule has 3 N–H and O–H groups in total. The van der Waals surface area contributed by atoms with Crippen LogP contribution in [0.2, 0.25) is 0 Å². The summed E-state index contributed by atoms with van der Waals surface area (Å²) in [6.45, 7) is 4.77. The second kappa shape index (κ2) is 6.17. The van der Waals surface area contributed by atoms with Crippen LogP contribution in [0.3, 0.4) is 0 Å². The van der Waals surface area contributed by atoms with Crippen LogP contribution in [0.5, 0.6) is 0 Å². The third kappa shape index (κ3) is 3.82. The normalized spacial score (nSPS) is 14.1. The summed E-state index contributed by atoms with van der Waals surface area (Å²) in [4.78, 5) is 12.0. The first-order valence-electron chi connectivity index (χ1n) is 5.74. The van der Waals surface area contributed by atoms with Gasteiger partial charge in [0.15, 0.2) is 0 Å². The van der Waals surface area contributed by atoms with E-state index >= 15 is 0 Å². The molecule has 0 saturated heterocycles. The molecule has 0 radical (unpaired) electrons. The van der Waals surface area contributed by atoms with Crippen LogP contribution in [-0.2, 0) is 11.3 Å². The van der Waals surface area contributed by atoms with Crippen LogP contribution in [0, 0.1) is 5.41 Å². The highest BCUT2D eigenvalue weighted by Crippen LogP contribution is 2.19. The Hall–Kier alpha value is -0.870. The molecule has 0 saturated carbocycles. The first-order chi connectivity index (χ1) is 8.01. The molecule has 1 rings (SSSR count). The van der Waals surface area contributed by atoms with Gasteiger partial charge in [-0.25, -0.2) is 0 Å². The molecule has 4 heteroatoms. The monoisotopic (exact) mass is 298 g/mol. The second-order valence-corrected chi connectivity index (χ2v) is 5.35. The van der Waals surface area contributed by atoms with E-state index in [-0.39, 0.29) is 5.91 Å². The molecule has 1 amide bonds. The van der Waals surface area contributed by atoms with Crippen molar-refractivity contribution in [3.63, 3.8) is 0 Å². The second-order valence-electron chi connectivity index (χ2n) is 4.43. The van der Waals surface area contributed by atoms with Crippen LogP contribution in [0.25, 0.3) is 0 Å². The van der Waals surface area contributed by atoms with Crippen LogP contribution < -0.4 is 11.1 Å². The SMILES string of the molecule is CCC(C)(CN)C(=O)NCc1cccc(Br)c1. The number of carbonyl (C=O) groups is 1. The third-order valence-electron chi connectivity index (χ3n) is 3.12. The first kappa shape index (κ1) is 14.2. The van der Waals surface area contributed by atoms with Crippen molar-refractivity contribution < 1.29 is 4.79 Å². The molecule has 0 aromatic heterocycles. The Morgan fingerprint density at radius 2 is 2.24 bits per heavy atom. The van der Waals surface area contributed by atoms with Crippen LogP contribution in [0.4, 0.5) is 0 Å². The van der Waals surface area contributed by atoms with Crippen LogP contribution in [0.1, 0.15) is 25.8 Å². The third-order valence-corrected chi connectivity index (χ3v) is 3.61. The van der Waals surface area contributed by atoms with Crippen LogP contribution in [-0.4, -0.2) is 12.5 Å². The highest BCUT2D eigenvalue weighted by molar-refractivity contribution is 9.10. The summed E-state index contributed by atoms with van der Waals surface area (Å²) in [5, 5.41) is 2.93. The van der Waals surface area contributed by atoms with Gasteiger partial charge >= 0.3 is 0 Å². The van der Waals surface area contributed by atoms with E-state index < -0.39 is 5.41 Å². The number of nitrogens with two attached hydrogens (primary N) is 1. The number of hydrogen-bond donors (Lipinski definition) is 2. The molecule has 1 aromatic rings. The minimum atomic E-state index is -0.466. The molecule has 1 aromatic carbocycles. The summed E-state index contributed by atoms with van der Waals surface area (Å²) in [6, 6.07) is 7.89. The van der Waals surface area contributed by atoms with Crippen LogP contribution >= 0.6 is 15.9 Å². The maximum absolute atomic E-state index is 12.0. The van der Waals surface area contributed by atoms with Crippen molar-refractivity contribution in [3.05, 3.63) is 34.3 Å². The van der Waals surface area contributed by atoms with Crippen molar-refractivity contribution in [1.82, 2.24) is 5.32 Å². The van der Waals surface area contributed by atoms with Crippen molar-refractivity contribution in [2.24, 2.45) is 11.1 Å². The number of rotatable bonds is 5. The van der Waals surface area contributed by atoms with E-state index in [1.54, 1.807) is 0 Å². The Labute approximate surface area is 111 Å². The lowest BCUT2D eigenvalue weighted by Gasteiger charge is -2.24. The first-order valence-corrected chi connectivity index (χ1v) is 6.54. The lowest BCUT2D eigenvalue weighted by atomic mass is 9.86. The molecule has 94 valence electrons. The fourth-order valence-corrected chi connectivity index (χ4v) is 1.89. The van der Waals surface area contributed by atoms with E-state index in [0.29, 0.717) is 13.1 Å². The summed E-state index contributed by atoms with van der Waals surface area (Å²) in [7, 11) is 0. The molecule has 1 unspecified atom stereocenters. The number of amides is 1. The Kier molecular flexibility index (Phi) is 5.15. The standard InChI is InChI=1S/C13H19BrN2O/c1-3-13(2,9-15)12(17)16-8-10-5-4-6-11(14)7-10/h4-7H,3,8-9,15H2,1-2H3,(H,16,17). The van der Waals surface area contributed by atoms with Crippen molar-refractivity contribution in [2.45, 2.75) is 26.8 Å². The number of benzene rings is 1. The zero-order valence-electron chi connectivity index (χ0n) is 10.3. The number of carbonyl (C=O) groups excluding carboxylic acids is 1. The molecule has 0 aliphatic rings. The van der Waals surface area contributed by atoms with E-state index in [4.69, 9.17) is 5.73 Å². The van der Waals surface area contributed by atoms with Gasteiger partial charge in [0.25, 0.3) is 0 Å². The zero-order chi connectivity index (χ0) is 12.9. The molecule has 0 aliphatic carbocycles. The van der Waals surface area contributed by atoms with Gasteiger partial charge in [-0.2, -0.15) is 0 Å². The largest absolute Gasteiger partial charge is 0.352 e. The Bertz CT molecular complexity index is 389. The van der Waals surface area contributed by atoms with Gasteiger partial charge < -0.3 is 11.1 Å². The van der Waals surface area contributed by atoms with Gasteiger partial charge in [0, 0.05) is 17.6 Å². The minimum absolute atomic E-state index is 0.0162. The molecular formula is C13H19BrN2O. The highest BCUT2D eigenvalue weighted by Gasteiger charge is 2.29. The molecule has 0 spiro atoms. The average Bonchev–Trinajstić information content (AvgIpc) is 2.35. The summed E-state index contributed by atoms with van der Waals surface area (Å²) in [6.07, 6.45) is 0.744. The maximum atomic E-state index is 12.0. The van der Waals surface area contributed by atoms with Crippen molar-refractivity contribution >= 4 is 21.8 Å². The Balaban J connectivity index is 2.59. The van der Waals surface area contributed by atoms with Gasteiger partial charge in [-0.1, -0.05) is 35.0 Å². The van der Waals surface area contributed by atoms with Gasteiger partial charge in [0.05, 0.1) is 5.41 Å². The number of nitrogens with one attached hydrogen (secondary N) is 1. The van der Waals surface area contributed by atoms with E-state index in [1.807, 2.05) is 38.1 Å². The predicted octanol–water partition coefficient (Wildman–Crippen LogP) is 2.44. The molecule has 0 bridgehead atoms. The van der Waals surface area contributed by atoms with Gasteiger partial charge in [0.2, 0.25) is 5.91 Å². The van der Waals surface area contributed by atoms with Crippen molar-refractivity contribution in [2.75, 3.05) is 6.54 Å². The van der Waals surface area contributed by atoms with E-state index in [9.17, 15) is 4.79 Å². The smallest absolute Gasteiger partial charge is 0.227 e. The number of hydrogen-bond acceptors (Lipinski definition) is 2. The van der Waals surface area contributed by atoms with E-state index in [0.717, 1.165) is 16.5 Å². The van der Waals surface area contributed by atoms with Gasteiger partial charge in [-0.15, -0.1) is 0 Å². The number of halogens is 1. The molecular weight excluding hydrogens is 280 g/mol. The average molecular weight is 299 g/mol. The Morgan fingerprint density at radius 3 is 2.76 bits per heavy atom. The molecule has 0 aliphatic heterocycles. The molecule has 3 nitrogen and oxygen atoms in total. The molecule has 0 fully saturated rings. The minimum Gasteiger partial charge on any atom is -0.352 e. The lowest BCUT2D eigenvalue weighted by molar-refractivity contribution is -0.130. The van der Waals surface area contributed by atoms with E-state index in [1.165, 1.54) is 0 Å². The molecule has 0 heterocycles. The highest BCUT2D eigenvalue weighted by atomic mass is 79.9.